The number of benzene rings is 1. The molecule has 1 aromatic carbocycles. The molecule has 1 aliphatic rings. The maximum atomic E-state index is 5.40. The van der Waals surface area contributed by atoms with E-state index in [-0.39, 0.29) is 0 Å². The largest absolute Gasteiger partial charge is 0.497 e. The van der Waals surface area contributed by atoms with Crippen molar-refractivity contribution in [1.29, 1.82) is 0 Å². The monoisotopic (exact) mass is 430 g/mol. The highest BCUT2D eigenvalue weighted by molar-refractivity contribution is 5.58. The fourth-order valence-electron chi connectivity index (χ4n) is 4.81. The summed E-state index contributed by atoms with van der Waals surface area (Å²) in [5.41, 5.74) is 2.91. The first-order valence-electron chi connectivity index (χ1n) is 13.4. The van der Waals surface area contributed by atoms with Crippen molar-refractivity contribution in [3.63, 3.8) is 0 Å². The molecule has 3 nitrogen and oxygen atoms in total. The third-order valence-corrected chi connectivity index (χ3v) is 6.81. The number of methoxy groups -OCH3 is 1. The number of fused-ring (bicyclic) bond motifs is 1. The van der Waals surface area contributed by atoms with Gasteiger partial charge in [0.25, 0.3) is 0 Å². The van der Waals surface area contributed by atoms with Gasteiger partial charge in [0.2, 0.25) is 0 Å². The molecule has 0 saturated heterocycles. The molecule has 0 spiro atoms. The van der Waals surface area contributed by atoms with Crippen LogP contribution in [-0.2, 0) is 6.42 Å². The molecule has 0 N–H and O–H groups in total. The smallest absolute Gasteiger partial charge is 0.119 e. The molecule has 0 saturated carbocycles. The highest BCUT2D eigenvalue weighted by atomic mass is 16.5. The van der Waals surface area contributed by atoms with E-state index < -0.39 is 0 Å². The van der Waals surface area contributed by atoms with E-state index in [0.29, 0.717) is 0 Å². The molecule has 0 radical (unpaired) electrons. The summed E-state index contributed by atoms with van der Waals surface area (Å²) < 4.78 is 5.40. The standard InChI is InChI=1S/C28H50N2O/c1-4-6-20-29(21-7-5-2)22-14-12-10-8-9-11-13-15-23-30-24-16-17-26-25-27(31-3)18-19-28(26)30/h18-19,25H,4-17,20-24H2,1-3H3. The van der Waals surface area contributed by atoms with Crippen LogP contribution in [0.3, 0.4) is 0 Å². The summed E-state index contributed by atoms with van der Waals surface area (Å²) in [7, 11) is 1.76. The highest BCUT2D eigenvalue weighted by Gasteiger charge is 2.16. The van der Waals surface area contributed by atoms with E-state index >= 15 is 0 Å². The summed E-state index contributed by atoms with van der Waals surface area (Å²) in [4.78, 5) is 5.31. The van der Waals surface area contributed by atoms with Crippen LogP contribution in [0.5, 0.6) is 5.75 Å². The van der Waals surface area contributed by atoms with Crippen LogP contribution in [0.2, 0.25) is 0 Å². The SMILES string of the molecule is CCCCN(CCCC)CCCCCCCCCCN1CCCc2cc(OC)ccc21. The van der Waals surface area contributed by atoms with Gasteiger partial charge in [-0.15, -0.1) is 0 Å². The second kappa shape index (κ2) is 16.4. The minimum absolute atomic E-state index is 0.996. The highest BCUT2D eigenvalue weighted by Crippen LogP contribution is 2.30. The fourth-order valence-corrected chi connectivity index (χ4v) is 4.81. The average molecular weight is 431 g/mol. The molecule has 0 aromatic heterocycles. The predicted octanol–water partition coefficient (Wildman–Crippen LogP) is 7.47. The van der Waals surface area contributed by atoms with E-state index in [1.54, 1.807) is 7.11 Å². The van der Waals surface area contributed by atoms with Crippen LogP contribution in [0.25, 0.3) is 0 Å². The molecule has 0 aliphatic carbocycles. The summed E-state index contributed by atoms with van der Waals surface area (Å²) >= 11 is 0. The molecular weight excluding hydrogens is 380 g/mol. The zero-order chi connectivity index (χ0) is 22.2. The number of hydrogen-bond acceptors (Lipinski definition) is 3. The first-order chi connectivity index (χ1) is 15.3. The minimum atomic E-state index is 0.996. The predicted molar refractivity (Wildman–Crippen MR) is 137 cm³/mol. The summed E-state index contributed by atoms with van der Waals surface area (Å²) in [5.74, 6) is 0.996. The van der Waals surface area contributed by atoms with Gasteiger partial charge >= 0.3 is 0 Å². The Kier molecular flexibility index (Phi) is 13.8. The van der Waals surface area contributed by atoms with Gasteiger partial charge in [-0.1, -0.05) is 65.2 Å². The van der Waals surface area contributed by atoms with E-state index in [1.807, 2.05) is 0 Å². The Hall–Kier alpha value is -1.22. The number of aryl methyl sites for hydroxylation is 1. The van der Waals surface area contributed by atoms with Crippen molar-refractivity contribution in [1.82, 2.24) is 4.90 Å². The van der Waals surface area contributed by atoms with Gasteiger partial charge < -0.3 is 14.5 Å². The molecule has 0 bridgehead atoms. The Morgan fingerprint density at radius 3 is 2.06 bits per heavy atom. The van der Waals surface area contributed by atoms with Gasteiger partial charge in [0, 0.05) is 18.8 Å². The van der Waals surface area contributed by atoms with Crippen LogP contribution in [0.1, 0.15) is 103 Å². The van der Waals surface area contributed by atoms with Crippen LogP contribution < -0.4 is 9.64 Å². The van der Waals surface area contributed by atoms with Crippen molar-refractivity contribution >= 4 is 5.69 Å². The van der Waals surface area contributed by atoms with Gasteiger partial charge in [-0.3, -0.25) is 0 Å². The number of anilines is 1. The molecular formula is C28H50N2O. The number of unbranched alkanes of at least 4 members (excludes halogenated alkanes) is 9. The van der Waals surface area contributed by atoms with Crippen LogP contribution in [-0.4, -0.2) is 44.7 Å². The first kappa shape index (κ1) is 26.0. The van der Waals surface area contributed by atoms with Gasteiger partial charge in [-0.05, 0) is 81.9 Å². The van der Waals surface area contributed by atoms with Crippen molar-refractivity contribution < 1.29 is 4.74 Å². The number of rotatable bonds is 18. The molecule has 31 heavy (non-hydrogen) atoms. The van der Waals surface area contributed by atoms with Crippen LogP contribution >= 0.6 is 0 Å². The molecule has 1 aliphatic heterocycles. The van der Waals surface area contributed by atoms with E-state index in [4.69, 9.17) is 4.74 Å². The van der Waals surface area contributed by atoms with Crippen molar-refractivity contribution in [2.45, 2.75) is 104 Å². The average Bonchev–Trinajstić information content (AvgIpc) is 2.81. The zero-order valence-electron chi connectivity index (χ0n) is 21.0. The van der Waals surface area contributed by atoms with Crippen molar-refractivity contribution in [2.75, 3.05) is 44.7 Å². The Balaban J connectivity index is 1.49. The van der Waals surface area contributed by atoms with Crippen LogP contribution in [0, 0.1) is 0 Å². The Morgan fingerprint density at radius 2 is 1.42 bits per heavy atom. The molecule has 2 rings (SSSR count). The second-order valence-electron chi connectivity index (χ2n) is 9.46. The topological polar surface area (TPSA) is 15.7 Å². The van der Waals surface area contributed by atoms with Crippen LogP contribution in [0.4, 0.5) is 5.69 Å². The zero-order valence-corrected chi connectivity index (χ0v) is 21.0. The molecule has 178 valence electrons. The molecule has 0 amide bonds. The molecule has 1 heterocycles. The molecule has 1 aromatic rings. The lowest BCUT2D eigenvalue weighted by molar-refractivity contribution is 0.259. The lowest BCUT2D eigenvalue weighted by Crippen LogP contribution is -2.30. The summed E-state index contributed by atoms with van der Waals surface area (Å²) in [5, 5.41) is 0. The van der Waals surface area contributed by atoms with Crippen molar-refractivity contribution in [3.8, 4) is 5.75 Å². The maximum absolute atomic E-state index is 5.40. The number of nitrogens with zero attached hydrogens (tertiary/aromatic N) is 2. The maximum Gasteiger partial charge on any atom is 0.119 e. The van der Waals surface area contributed by atoms with Crippen molar-refractivity contribution in [2.24, 2.45) is 0 Å². The summed E-state index contributed by atoms with van der Waals surface area (Å²) in [6.45, 7) is 11.0. The molecule has 3 heteroatoms. The third-order valence-electron chi connectivity index (χ3n) is 6.81. The molecule has 0 unspecified atom stereocenters. The Bertz CT molecular complexity index is 566. The molecule has 0 fully saturated rings. The number of ether oxygens (including phenoxy) is 1. The quantitative estimate of drug-likeness (QED) is 0.225. The van der Waals surface area contributed by atoms with Gasteiger partial charge in [-0.25, -0.2) is 0 Å². The Morgan fingerprint density at radius 1 is 0.806 bits per heavy atom. The lowest BCUT2D eigenvalue weighted by Gasteiger charge is -2.31. The van der Waals surface area contributed by atoms with E-state index in [2.05, 4.69) is 41.8 Å². The third kappa shape index (κ3) is 10.3. The van der Waals surface area contributed by atoms with Gasteiger partial charge in [0.05, 0.1) is 7.11 Å². The second-order valence-corrected chi connectivity index (χ2v) is 9.46. The Labute approximate surface area is 193 Å². The van der Waals surface area contributed by atoms with E-state index in [9.17, 15) is 0 Å². The van der Waals surface area contributed by atoms with Gasteiger partial charge in [0.1, 0.15) is 5.75 Å². The normalized spacial score (nSPS) is 13.6. The van der Waals surface area contributed by atoms with Crippen LogP contribution in [0.15, 0.2) is 18.2 Å². The van der Waals surface area contributed by atoms with E-state index in [1.165, 1.54) is 134 Å². The van der Waals surface area contributed by atoms with E-state index in [0.717, 1.165) is 5.75 Å². The summed E-state index contributed by atoms with van der Waals surface area (Å²) in [6, 6.07) is 6.61. The van der Waals surface area contributed by atoms with Gasteiger partial charge in [-0.2, -0.15) is 0 Å². The van der Waals surface area contributed by atoms with Crippen molar-refractivity contribution in [3.05, 3.63) is 23.8 Å². The lowest BCUT2D eigenvalue weighted by atomic mass is 10.0. The minimum Gasteiger partial charge on any atom is -0.497 e. The fraction of sp³-hybridized carbons (Fsp3) is 0.786. The number of hydrogen-bond donors (Lipinski definition) is 0. The summed E-state index contributed by atoms with van der Waals surface area (Å²) in [6.07, 6.45) is 19.0. The molecule has 0 atom stereocenters. The van der Waals surface area contributed by atoms with Gasteiger partial charge in [0.15, 0.2) is 0 Å². The first-order valence-corrected chi connectivity index (χ1v) is 13.4.